The van der Waals surface area contributed by atoms with Crippen LogP contribution >= 0.6 is 0 Å². The van der Waals surface area contributed by atoms with Crippen molar-refractivity contribution in [2.45, 2.75) is 25.0 Å². The molecule has 3 N–H and O–H groups in total. The Hall–Kier alpha value is -1.20. The predicted octanol–water partition coefficient (Wildman–Crippen LogP) is -0.430. The first-order valence-electron chi connectivity index (χ1n) is 4.68. The second-order valence-electron chi connectivity index (χ2n) is 3.54. The normalized spacial score (nSPS) is 18.1. The lowest BCUT2D eigenvalue weighted by atomic mass is 10.2. The van der Waals surface area contributed by atoms with E-state index in [0.717, 1.165) is 12.8 Å². The fourth-order valence-electron chi connectivity index (χ4n) is 1.41. The summed E-state index contributed by atoms with van der Waals surface area (Å²) in [6.45, 7) is 0.0472. The van der Waals surface area contributed by atoms with Gasteiger partial charge in [-0.15, -0.1) is 0 Å². The molecule has 0 aromatic carbocycles. The number of hydrogen-bond acceptors (Lipinski definition) is 4. The fraction of sp³-hybridized carbons (Fsp3) is 0.556. The van der Waals surface area contributed by atoms with Crippen LogP contribution in [-0.2, 0) is 0 Å². The topological polar surface area (TPSA) is 81.1 Å². The van der Waals surface area contributed by atoms with Crippen LogP contribution in [0.15, 0.2) is 17.3 Å². The van der Waals surface area contributed by atoms with Gasteiger partial charge in [0.2, 0.25) is 0 Å². The van der Waals surface area contributed by atoms with Gasteiger partial charge in [-0.2, -0.15) is 0 Å². The van der Waals surface area contributed by atoms with Gasteiger partial charge in [0.25, 0.3) is 5.56 Å². The van der Waals surface area contributed by atoms with Crippen LogP contribution in [0, 0.1) is 0 Å². The van der Waals surface area contributed by atoms with Crippen LogP contribution in [0.5, 0.6) is 0 Å². The minimum Gasteiger partial charge on any atom is -0.387 e. The molecular weight excluding hydrogens is 182 g/mol. The van der Waals surface area contributed by atoms with Crippen molar-refractivity contribution in [2.75, 3.05) is 6.54 Å². The van der Waals surface area contributed by atoms with E-state index in [-0.39, 0.29) is 18.1 Å². The van der Waals surface area contributed by atoms with Crippen LogP contribution in [-0.4, -0.2) is 21.2 Å². The highest BCUT2D eigenvalue weighted by atomic mass is 16.3. The monoisotopic (exact) mass is 195 g/mol. The molecule has 0 saturated heterocycles. The average Bonchev–Trinajstić information content (AvgIpc) is 3.01. The Morgan fingerprint density at radius 2 is 2.43 bits per heavy atom. The highest BCUT2D eigenvalue weighted by molar-refractivity contribution is 5.10. The number of hydrogen-bond donors (Lipinski definition) is 2. The third kappa shape index (κ3) is 1.56. The van der Waals surface area contributed by atoms with Crippen molar-refractivity contribution >= 4 is 0 Å². The first kappa shape index (κ1) is 9.36. The molecule has 0 radical (unpaired) electrons. The third-order valence-corrected chi connectivity index (χ3v) is 2.41. The molecule has 2 rings (SSSR count). The number of nitrogens with two attached hydrogens (primary N) is 1. The Bertz CT molecular complexity index is 384. The van der Waals surface area contributed by atoms with Gasteiger partial charge in [0, 0.05) is 18.8 Å². The summed E-state index contributed by atoms with van der Waals surface area (Å²) in [5.41, 5.74) is 5.42. The molecule has 1 aliphatic rings. The summed E-state index contributed by atoms with van der Waals surface area (Å²) in [5, 5.41) is 9.46. The molecule has 5 nitrogen and oxygen atoms in total. The molecule has 1 atom stereocenters. The Balaban J connectivity index is 2.41. The summed E-state index contributed by atoms with van der Waals surface area (Å²) >= 11 is 0. The van der Waals surface area contributed by atoms with Crippen LogP contribution in [0.3, 0.4) is 0 Å². The van der Waals surface area contributed by atoms with Crippen molar-refractivity contribution in [1.82, 2.24) is 9.55 Å². The van der Waals surface area contributed by atoms with E-state index in [2.05, 4.69) is 4.98 Å². The Labute approximate surface area is 81.2 Å². The first-order valence-corrected chi connectivity index (χ1v) is 4.68. The van der Waals surface area contributed by atoms with Gasteiger partial charge in [-0.25, -0.2) is 4.98 Å². The number of aliphatic hydroxyl groups is 1. The second kappa shape index (κ2) is 3.51. The van der Waals surface area contributed by atoms with Gasteiger partial charge in [-0.3, -0.25) is 9.36 Å². The Morgan fingerprint density at radius 1 is 1.71 bits per heavy atom. The highest BCUT2D eigenvalue weighted by Gasteiger charge is 2.26. The van der Waals surface area contributed by atoms with Crippen molar-refractivity contribution in [3.8, 4) is 0 Å². The van der Waals surface area contributed by atoms with Crippen molar-refractivity contribution in [3.05, 3.63) is 28.4 Å². The SMILES string of the molecule is NCC(O)c1cncn(C2CC2)c1=O. The molecule has 1 unspecified atom stereocenters. The van der Waals surface area contributed by atoms with E-state index in [1.54, 1.807) is 4.57 Å². The number of rotatable bonds is 3. The quantitative estimate of drug-likeness (QED) is 0.685. The summed E-state index contributed by atoms with van der Waals surface area (Å²) in [5.74, 6) is 0. The van der Waals surface area contributed by atoms with Crippen molar-refractivity contribution in [1.29, 1.82) is 0 Å². The maximum absolute atomic E-state index is 11.8. The molecule has 1 heterocycles. The van der Waals surface area contributed by atoms with Gasteiger partial charge < -0.3 is 10.8 Å². The standard InChI is InChI=1S/C9H13N3O2/c10-3-8(13)7-4-11-5-12(9(7)14)6-1-2-6/h4-6,8,13H,1-3,10H2. The molecule has 1 aromatic rings. The summed E-state index contributed by atoms with van der Waals surface area (Å²) < 4.78 is 1.58. The first-order chi connectivity index (χ1) is 6.74. The summed E-state index contributed by atoms with van der Waals surface area (Å²) in [7, 11) is 0. The Morgan fingerprint density at radius 3 is 3.00 bits per heavy atom. The maximum atomic E-state index is 11.8. The van der Waals surface area contributed by atoms with Crippen molar-refractivity contribution in [3.63, 3.8) is 0 Å². The van der Waals surface area contributed by atoms with Crippen molar-refractivity contribution in [2.24, 2.45) is 5.73 Å². The molecule has 76 valence electrons. The largest absolute Gasteiger partial charge is 0.387 e. The minimum absolute atomic E-state index is 0.0472. The van der Waals surface area contributed by atoms with Gasteiger partial charge >= 0.3 is 0 Å². The number of aliphatic hydroxyl groups excluding tert-OH is 1. The number of nitrogens with zero attached hydrogens (tertiary/aromatic N) is 2. The van der Waals surface area contributed by atoms with E-state index in [1.807, 2.05) is 0 Å². The zero-order chi connectivity index (χ0) is 10.1. The van der Waals surface area contributed by atoms with Crippen LogP contribution in [0.2, 0.25) is 0 Å². The van der Waals surface area contributed by atoms with E-state index < -0.39 is 6.10 Å². The lowest BCUT2D eigenvalue weighted by Gasteiger charge is -2.09. The van der Waals surface area contributed by atoms with Gasteiger partial charge in [0.15, 0.2) is 0 Å². The summed E-state index contributed by atoms with van der Waals surface area (Å²) in [6.07, 6.45) is 4.04. The molecule has 0 aliphatic heterocycles. The molecule has 5 heteroatoms. The zero-order valence-electron chi connectivity index (χ0n) is 7.76. The van der Waals surface area contributed by atoms with E-state index >= 15 is 0 Å². The van der Waals surface area contributed by atoms with Crippen LogP contribution in [0.4, 0.5) is 0 Å². The van der Waals surface area contributed by atoms with Gasteiger partial charge in [0.05, 0.1) is 18.0 Å². The molecule has 1 aliphatic carbocycles. The van der Waals surface area contributed by atoms with Crippen LogP contribution < -0.4 is 11.3 Å². The van der Waals surface area contributed by atoms with Crippen molar-refractivity contribution < 1.29 is 5.11 Å². The molecule has 1 saturated carbocycles. The second-order valence-corrected chi connectivity index (χ2v) is 3.54. The zero-order valence-corrected chi connectivity index (χ0v) is 7.76. The Kier molecular flexibility index (Phi) is 2.35. The summed E-state index contributed by atoms with van der Waals surface area (Å²) in [4.78, 5) is 15.7. The highest BCUT2D eigenvalue weighted by Crippen LogP contribution is 2.33. The third-order valence-electron chi connectivity index (χ3n) is 2.41. The predicted molar refractivity (Wildman–Crippen MR) is 50.8 cm³/mol. The lowest BCUT2D eigenvalue weighted by molar-refractivity contribution is 0.184. The molecule has 14 heavy (non-hydrogen) atoms. The van der Waals surface area contributed by atoms with Gasteiger partial charge in [0.1, 0.15) is 0 Å². The van der Waals surface area contributed by atoms with Crippen LogP contribution in [0.25, 0.3) is 0 Å². The molecule has 0 bridgehead atoms. The lowest BCUT2D eigenvalue weighted by Crippen LogP contribution is -2.27. The van der Waals surface area contributed by atoms with E-state index in [1.165, 1.54) is 12.5 Å². The van der Waals surface area contributed by atoms with Gasteiger partial charge in [-0.1, -0.05) is 0 Å². The smallest absolute Gasteiger partial charge is 0.259 e. The molecule has 1 aromatic heterocycles. The molecule has 1 fully saturated rings. The van der Waals surface area contributed by atoms with E-state index in [9.17, 15) is 9.90 Å². The molecular formula is C9H13N3O2. The van der Waals surface area contributed by atoms with Gasteiger partial charge in [-0.05, 0) is 12.8 Å². The van der Waals surface area contributed by atoms with Crippen LogP contribution in [0.1, 0.15) is 30.6 Å². The summed E-state index contributed by atoms with van der Waals surface area (Å²) in [6, 6.07) is 0.278. The molecule has 0 amide bonds. The number of aromatic nitrogens is 2. The van der Waals surface area contributed by atoms with E-state index in [4.69, 9.17) is 5.73 Å². The van der Waals surface area contributed by atoms with E-state index in [0.29, 0.717) is 5.56 Å². The minimum atomic E-state index is -0.902. The maximum Gasteiger partial charge on any atom is 0.259 e. The average molecular weight is 195 g/mol. The molecule has 0 spiro atoms. The fourth-order valence-corrected chi connectivity index (χ4v) is 1.41.